The number of aromatic amines is 1. The standard InChI is InChI=1S/C10H17N7O2S/c1-11-4-5-17-7-9(6-14-17)20(18,19)15-3-2-10-12-8-13-16-10/h6-8,11,15H,2-5H2,1H3,(H,12,13,16). The van der Waals surface area contributed by atoms with Crippen molar-refractivity contribution in [1.29, 1.82) is 0 Å². The Morgan fingerprint density at radius 2 is 2.25 bits per heavy atom. The topological polar surface area (TPSA) is 118 Å². The lowest BCUT2D eigenvalue weighted by Crippen LogP contribution is -2.26. The Balaban J connectivity index is 1.90. The molecule has 0 amide bonds. The molecule has 0 saturated carbocycles. The highest BCUT2D eigenvalue weighted by molar-refractivity contribution is 7.89. The number of rotatable bonds is 8. The Kier molecular flexibility index (Phi) is 4.82. The molecule has 0 aromatic carbocycles. The van der Waals surface area contributed by atoms with E-state index in [9.17, 15) is 8.42 Å². The minimum absolute atomic E-state index is 0.158. The number of aromatic nitrogens is 5. The minimum atomic E-state index is -3.53. The predicted octanol–water partition coefficient (Wildman–Crippen LogP) is -1.26. The van der Waals surface area contributed by atoms with Gasteiger partial charge in [-0.1, -0.05) is 0 Å². The van der Waals surface area contributed by atoms with Crippen LogP contribution in [0.5, 0.6) is 0 Å². The van der Waals surface area contributed by atoms with Crippen molar-refractivity contribution >= 4 is 10.0 Å². The van der Waals surface area contributed by atoms with Gasteiger partial charge >= 0.3 is 0 Å². The Labute approximate surface area is 116 Å². The molecule has 20 heavy (non-hydrogen) atoms. The van der Waals surface area contributed by atoms with Gasteiger partial charge in [0.1, 0.15) is 17.0 Å². The highest BCUT2D eigenvalue weighted by Crippen LogP contribution is 2.06. The zero-order chi connectivity index (χ0) is 14.4. The van der Waals surface area contributed by atoms with E-state index in [1.54, 1.807) is 4.68 Å². The van der Waals surface area contributed by atoms with Crippen LogP contribution in [0.4, 0.5) is 0 Å². The number of nitrogens with zero attached hydrogens (tertiary/aromatic N) is 4. The lowest BCUT2D eigenvalue weighted by molar-refractivity contribution is 0.576. The summed E-state index contributed by atoms with van der Waals surface area (Å²) in [6.45, 7) is 1.59. The van der Waals surface area contributed by atoms with Crippen LogP contribution in [0.3, 0.4) is 0 Å². The molecular formula is C10H17N7O2S. The molecule has 0 aliphatic heterocycles. The van der Waals surface area contributed by atoms with Crippen LogP contribution in [0.15, 0.2) is 23.6 Å². The first-order chi connectivity index (χ1) is 9.62. The summed E-state index contributed by atoms with van der Waals surface area (Å²) in [6, 6.07) is 0. The van der Waals surface area contributed by atoms with Gasteiger partial charge < -0.3 is 5.32 Å². The highest BCUT2D eigenvalue weighted by atomic mass is 32.2. The van der Waals surface area contributed by atoms with Crippen LogP contribution < -0.4 is 10.0 Å². The highest BCUT2D eigenvalue weighted by Gasteiger charge is 2.16. The molecule has 0 unspecified atom stereocenters. The third kappa shape index (κ3) is 3.85. The molecule has 110 valence electrons. The molecular weight excluding hydrogens is 282 g/mol. The predicted molar refractivity (Wildman–Crippen MR) is 71.4 cm³/mol. The van der Waals surface area contributed by atoms with Gasteiger partial charge in [0, 0.05) is 25.7 Å². The van der Waals surface area contributed by atoms with Crippen molar-refractivity contribution in [3.63, 3.8) is 0 Å². The molecule has 0 aliphatic carbocycles. The van der Waals surface area contributed by atoms with Gasteiger partial charge in [0.05, 0.1) is 12.7 Å². The molecule has 10 heteroatoms. The Morgan fingerprint density at radius 1 is 1.40 bits per heavy atom. The van der Waals surface area contributed by atoms with Gasteiger partial charge in [-0.05, 0) is 7.05 Å². The van der Waals surface area contributed by atoms with Gasteiger partial charge in [0.2, 0.25) is 10.0 Å². The largest absolute Gasteiger partial charge is 0.318 e. The van der Waals surface area contributed by atoms with Gasteiger partial charge in [0.25, 0.3) is 0 Å². The lowest BCUT2D eigenvalue weighted by Gasteiger charge is -2.03. The molecule has 0 aliphatic rings. The summed E-state index contributed by atoms with van der Waals surface area (Å²) in [5, 5.41) is 13.3. The van der Waals surface area contributed by atoms with Crippen molar-refractivity contribution in [2.75, 3.05) is 20.1 Å². The fourth-order valence-electron chi connectivity index (χ4n) is 1.57. The quantitative estimate of drug-likeness (QED) is 0.560. The normalized spacial score (nSPS) is 11.8. The Bertz CT molecular complexity index is 620. The van der Waals surface area contributed by atoms with Crippen molar-refractivity contribution < 1.29 is 8.42 Å². The van der Waals surface area contributed by atoms with Gasteiger partial charge in [-0.25, -0.2) is 18.1 Å². The van der Waals surface area contributed by atoms with E-state index < -0.39 is 10.0 Å². The van der Waals surface area contributed by atoms with Gasteiger partial charge in [-0.2, -0.15) is 10.2 Å². The number of sulfonamides is 1. The summed E-state index contributed by atoms with van der Waals surface area (Å²) in [7, 11) is -1.71. The average molecular weight is 299 g/mol. The number of H-pyrrole nitrogens is 1. The van der Waals surface area contributed by atoms with E-state index in [4.69, 9.17) is 0 Å². The van der Waals surface area contributed by atoms with Crippen molar-refractivity contribution in [1.82, 2.24) is 35.0 Å². The number of nitrogens with one attached hydrogen (secondary N) is 3. The van der Waals surface area contributed by atoms with E-state index in [1.807, 2.05) is 7.05 Å². The number of likely N-dealkylation sites (N-methyl/N-ethyl adjacent to an activating group) is 1. The first-order valence-electron chi connectivity index (χ1n) is 6.13. The SMILES string of the molecule is CNCCn1cc(S(=O)(=O)NCCc2ncn[nH]2)cn1. The van der Waals surface area contributed by atoms with E-state index in [2.05, 4.69) is 30.3 Å². The zero-order valence-corrected chi connectivity index (χ0v) is 11.9. The van der Waals surface area contributed by atoms with Gasteiger partial charge in [-0.15, -0.1) is 0 Å². The summed E-state index contributed by atoms with van der Waals surface area (Å²) in [6.07, 6.45) is 4.68. The Morgan fingerprint density at radius 3 is 2.95 bits per heavy atom. The molecule has 0 spiro atoms. The Hall–Kier alpha value is -1.78. The van der Waals surface area contributed by atoms with E-state index in [1.165, 1.54) is 18.7 Å². The van der Waals surface area contributed by atoms with E-state index in [-0.39, 0.29) is 11.4 Å². The first-order valence-corrected chi connectivity index (χ1v) is 7.61. The van der Waals surface area contributed by atoms with Crippen LogP contribution in [0.25, 0.3) is 0 Å². The van der Waals surface area contributed by atoms with Crippen molar-refractivity contribution in [3.8, 4) is 0 Å². The fraction of sp³-hybridized carbons (Fsp3) is 0.500. The van der Waals surface area contributed by atoms with Crippen LogP contribution >= 0.6 is 0 Å². The van der Waals surface area contributed by atoms with Crippen LogP contribution in [0, 0.1) is 0 Å². The van der Waals surface area contributed by atoms with Gasteiger partial charge in [0.15, 0.2) is 0 Å². The third-order valence-electron chi connectivity index (χ3n) is 2.63. The molecule has 2 heterocycles. The van der Waals surface area contributed by atoms with Crippen LogP contribution in [-0.4, -0.2) is 53.5 Å². The van der Waals surface area contributed by atoms with E-state index in [0.29, 0.717) is 18.8 Å². The third-order valence-corrected chi connectivity index (χ3v) is 4.05. The van der Waals surface area contributed by atoms with Crippen LogP contribution in [0.1, 0.15) is 5.82 Å². The van der Waals surface area contributed by atoms with Crippen molar-refractivity contribution in [2.45, 2.75) is 17.9 Å². The second-order valence-corrected chi connectivity index (χ2v) is 5.89. The molecule has 2 aromatic heterocycles. The molecule has 0 radical (unpaired) electrons. The molecule has 0 saturated heterocycles. The number of hydrogen-bond donors (Lipinski definition) is 3. The molecule has 0 atom stereocenters. The van der Waals surface area contributed by atoms with Crippen molar-refractivity contribution in [3.05, 3.63) is 24.5 Å². The molecule has 0 fully saturated rings. The van der Waals surface area contributed by atoms with E-state index >= 15 is 0 Å². The monoisotopic (exact) mass is 299 g/mol. The minimum Gasteiger partial charge on any atom is -0.318 e. The summed E-state index contributed by atoms with van der Waals surface area (Å²) in [5.74, 6) is 0.636. The fourth-order valence-corrected chi connectivity index (χ4v) is 2.55. The smallest absolute Gasteiger partial charge is 0.243 e. The maximum absolute atomic E-state index is 12.0. The summed E-state index contributed by atoms with van der Waals surface area (Å²) in [4.78, 5) is 4.08. The summed E-state index contributed by atoms with van der Waals surface area (Å²) >= 11 is 0. The molecule has 2 rings (SSSR count). The summed E-state index contributed by atoms with van der Waals surface area (Å²) < 4.78 is 28.1. The maximum Gasteiger partial charge on any atom is 0.243 e. The van der Waals surface area contributed by atoms with Crippen LogP contribution in [-0.2, 0) is 23.0 Å². The van der Waals surface area contributed by atoms with Crippen LogP contribution in [0.2, 0.25) is 0 Å². The number of hydrogen-bond acceptors (Lipinski definition) is 6. The summed E-state index contributed by atoms with van der Waals surface area (Å²) in [5.41, 5.74) is 0. The second kappa shape index (κ2) is 6.59. The molecule has 0 bridgehead atoms. The molecule has 9 nitrogen and oxygen atoms in total. The maximum atomic E-state index is 12.0. The first kappa shape index (κ1) is 14.6. The molecule has 3 N–H and O–H groups in total. The van der Waals surface area contributed by atoms with Crippen molar-refractivity contribution in [2.24, 2.45) is 0 Å². The van der Waals surface area contributed by atoms with E-state index in [0.717, 1.165) is 6.54 Å². The second-order valence-electron chi connectivity index (χ2n) is 4.12. The lowest BCUT2D eigenvalue weighted by atomic mass is 10.4. The molecule has 2 aromatic rings. The average Bonchev–Trinajstić information content (AvgIpc) is 3.07. The zero-order valence-electron chi connectivity index (χ0n) is 11.1. The van der Waals surface area contributed by atoms with Gasteiger partial charge in [-0.3, -0.25) is 9.78 Å².